The second-order valence-corrected chi connectivity index (χ2v) is 4.39. The minimum atomic E-state index is -0.131. The Morgan fingerprint density at radius 3 is 2.87 bits per heavy atom. The van der Waals surface area contributed by atoms with Crippen LogP contribution in [0.3, 0.4) is 0 Å². The summed E-state index contributed by atoms with van der Waals surface area (Å²) in [6.07, 6.45) is 4.05. The van der Waals surface area contributed by atoms with E-state index in [1.807, 2.05) is 0 Å². The van der Waals surface area contributed by atoms with E-state index in [1.54, 1.807) is 6.92 Å². The first-order valence-corrected chi connectivity index (χ1v) is 5.53. The van der Waals surface area contributed by atoms with E-state index >= 15 is 0 Å². The Balaban J connectivity index is 2.19. The fourth-order valence-electron chi connectivity index (χ4n) is 2.25. The first-order chi connectivity index (χ1) is 7.16. The van der Waals surface area contributed by atoms with E-state index in [0.29, 0.717) is 6.42 Å². The van der Waals surface area contributed by atoms with Crippen molar-refractivity contribution in [3.8, 4) is 0 Å². The third-order valence-electron chi connectivity index (χ3n) is 3.06. The molecule has 15 heavy (non-hydrogen) atoms. The topological polar surface area (TPSA) is 43.1 Å². The highest BCUT2D eigenvalue weighted by Crippen LogP contribution is 2.25. The van der Waals surface area contributed by atoms with Gasteiger partial charge in [0, 0.05) is 12.5 Å². The molecule has 0 heterocycles. The van der Waals surface area contributed by atoms with Crippen LogP contribution in [-0.4, -0.2) is 5.78 Å². The molecule has 80 valence electrons. The van der Waals surface area contributed by atoms with Crippen LogP contribution < -0.4 is 5.73 Å². The van der Waals surface area contributed by atoms with Crippen molar-refractivity contribution in [1.82, 2.24) is 0 Å². The molecule has 0 aromatic heterocycles. The standard InChI is InChI=1S/C13H17NO/c1-9(15)7-13(14)12-6-5-10-3-2-4-11(10)8-12/h5-6,8,13H,2-4,7,14H2,1H3. The molecule has 2 heteroatoms. The SMILES string of the molecule is CC(=O)CC(N)c1ccc2c(c1)CCC2. The largest absolute Gasteiger partial charge is 0.324 e. The summed E-state index contributed by atoms with van der Waals surface area (Å²) in [6.45, 7) is 1.59. The van der Waals surface area contributed by atoms with E-state index in [9.17, 15) is 4.79 Å². The van der Waals surface area contributed by atoms with E-state index in [4.69, 9.17) is 5.73 Å². The molecule has 2 rings (SSSR count). The summed E-state index contributed by atoms with van der Waals surface area (Å²) in [5.74, 6) is 0.156. The molecule has 1 aliphatic carbocycles. The van der Waals surface area contributed by atoms with Crippen molar-refractivity contribution in [3.63, 3.8) is 0 Å². The molecule has 1 aromatic rings. The molecule has 2 N–H and O–H groups in total. The van der Waals surface area contributed by atoms with Crippen LogP contribution in [0.5, 0.6) is 0 Å². The lowest BCUT2D eigenvalue weighted by Gasteiger charge is -2.11. The van der Waals surface area contributed by atoms with Gasteiger partial charge in [-0.3, -0.25) is 4.79 Å². The molecular formula is C13H17NO. The van der Waals surface area contributed by atoms with Gasteiger partial charge in [-0.25, -0.2) is 0 Å². The summed E-state index contributed by atoms with van der Waals surface area (Å²) >= 11 is 0. The Morgan fingerprint density at radius 2 is 2.13 bits per heavy atom. The second-order valence-electron chi connectivity index (χ2n) is 4.39. The number of carbonyl (C=O) groups excluding carboxylic acids is 1. The molecule has 0 aliphatic heterocycles. The van der Waals surface area contributed by atoms with Gasteiger partial charge in [0.15, 0.2) is 0 Å². The fraction of sp³-hybridized carbons (Fsp3) is 0.462. The molecule has 0 saturated heterocycles. The van der Waals surface area contributed by atoms with Crippen molar-refractivity contribution in [1.29, 1.82) is 0 Å². The van der Waals surface area contributed by atoms with Crippen LogP contribution in [0, 0.1) is 0 Å². The maximum Gasteiger partial charge on any atom is 0.131 e. The van der Waals surface area contributed by atoms with Crippen LogP contribution >= 0.6 is 0 Å². The number of rotatable bonds is 3. The van der Waals surface area contributed by atoms with Gasteiger partial charge in [0.1, 0.15) is 5.78 Å². The molecule has 1 aromatic carbocycles. The van der Waals surface area contributed by atoms with Gasteiger partial charge in [-0.05, 0) is 42.9 Å². The normalized spacial score (nSPS) is 16.1. The number of Topliss-reactive ketones (excluding diaryl/α,β-unsaturated/α-hetero) is 1. The number of hydrogen-bond donors (Lipinski definition) is 1. The Hall–Kier alpha value is -1.15. The van der Waals surface area contributed by atoms with Crippen LogP contribution in [0.4, 0.5) is 0 Å². The second kappa shape index (κ2) is 4.15. The first-order valence-electron chi connectivity index (χ1n) is 5.53. The number of carbonyl (C=O) groups is 1. The molecule has 0 amide bonds. The van der Waals surface area contributed by atoms with Crippen molar-refractivity contribution < 1.29 is 4.79 Å². The fourth-order valence-corrected chi connectivity index (χ4v) is 2.25. The molecular weight excluding hydrogens is 186 g/mol. The van der Waals surface area contributed by atoms with Crippen molar-refractivity contribution >= 4 is 5.78 Å². The summed E-state index contributed by atoms with van der Waals surface area (Å²) in [5, 5.41) is 0. The molecule has 0 saturated carbocycles. The maximum absolute atomic E-state index is 11.0. The third kappa shape index (κ3) is 2.26. The van der Waals surface area contributed by atoms with Gasteiger partial charge >= 0.3 is 0 Å². The Labute approximate surface area is 90.5 Å². The number of hydrogen-bond acceptors (Lipinski definition) is 2. The zero-order valence-electron chi connectivity index (χ0n) is 9.12. The summed E-state index contributed by atoms with van der Waals surface area (Å²) < 4.78 is 0. The van der Waals surface area contributed by atoms with Crippen molar-refractivity contribution in [3.05, 3.63) is 34.9 Å². The number of aryl methyl sites for hydroxylation is 2. The molecule has 0 fully saturated rings. The lowest BCUT2D eigenvalue weighted by Crippen LogP contribution is -2.14. The molecule has 1 atom stereocenters. The molecule has 1 unspecified atom stereocenters. The van der Waals surface area contributed by atoms with Gasteiger partial charge in [0.25, 0.3) is 0 Å². The quantitative estimate of drug-likeness (QED) is 0.818. The van der Waals surface area contributed by atoms with E-state index in [0.717, 1.165) is 12.0 Å². The van der Waals surface area contributed by atoms with Gasteiger partial charge in [-0.1, -0.05) is 18.2 Å². The van der Waals surface area contributed by atoms with Gasteiger partial charge < -0.3 is 5.73 Å². The van der Waals surface area contributed by atoms with E-state index in [-0.39, 0.29) is 11.8 Å². The number of benzene rings is 1. The average molecular weight is 203 g/mol. The van der Waals surface area contributed by atoms with E-state index in [1.165, 1.54) is 24.0 Å². The van der Waals surface area contributed by atoms with Crippen molar-refractivity contribution in [2.24, 2.45) is 5.73 Å². The van der Waals surface area contributed by atoms with Gasteiger partial charge in [-0.15, -0.1) is 0 Å². The molecule has 0 radical (unpaired) electrons. The molecule has 0 spiro atoms. The minimum absolute atomic E-state index is 0.131. The molecule has 2 nitrogen and oxygen atoms in total. The number of fused-ring (bicyclic) bond motifs is 1. The zero-order chi connectivity index (χ0) is 10.8. The lowest BCUT2D eigenvalue weighted by atomic mass is 9.98. The highest BCUT2D eigenvalue weighted by Gasteiger charge is 2.14. The maximum atomic E-state index is 11.0. The van der Waals surface area contributed by atoms with Gasteiger partial charge in [0.2, 0.25) is 0 Å². The molecule has 1 aliphatic rings. The zero-order valence-corrected chi connectivity index (χ0v) is 9.12. The highest BCUT2D eigenvalue weighted by atomic mass is 16.1. The monoisotopic (exact) mass is 203 g/mol. The van der Waals surface area contributed by atoms with Crippen LogP contribution in [0.25, 0.3) is 0 Å². The van der Waals surface area contributed by atoms with Crippen LogP contribution in [0.2, 0.25) is 0 Å². The van der Waals surface area contributed by atoms with Crippen LogP contribution in [0.15, 0.2) is 18.2 Å². The summed E-state index contributed by atoms with van der Waals surface area (Å²) in [4.78, 5) is 11.0. The Bertz CT molecular complexity index is 384. The van der Waals surface area contributed by atoms with E-state index < -0.39 is 0 Å². The predicted octanol–water partition coefficient (Wildman–Crippen LogP) is 2.15. The van der Waals surface area contributed by atoms with Crippen molar-refractivity contribution in [2.45, 2.75) is 38.6 Å². The van der Waals surface area contributed by atoms with Gasteiger partial charge in [0.05, 0.1) is 0 Å². The molecule has 0 bridgehead atoms. The Morgan fingerprint density at radius 1 is 1.40 bits per heavy atom. The lowest BCUT2D eigenvalue weighted by molar-refractivity contribution is -0.117. The predicted molar refractivity (Wildman–Crippen MR) is 60.7 cm³/mol. The van der Waals surface area contributed by atoms with Crippen molar-refractivity contribution in [2.75, 3.05) is 0 Å². The summed E-state index contributed by atoms with van der Waals surface area (Å²) in [5.41, 5.74) is 9.95. The smallest absolute Gasteiger partial charge is 0.131 e. The van der Waals surface area contributed by atoms with E-state index in [2.05, 4.69) is 18.2 Å². The summed E-state index contributed by atoms with van der Waals surface area (Å²) in [7, 11) is 0. The minimum Gasteiger partial charge on any atom is -0.324 e. The van der Waals surface area contributed by atoms with Crippen LogP contribution in [-0.2, 0) is 17.6 Å². The number of ketones is 1. The average Bonchev–Trinajstić information content (AvgIpc) is 2.62. The van der Waals surface area contributed by atoms with Gasteiger partial charge in [-0.2, -0.15) is 0 Å². The first kappa shape index (κ1) is 10.4. The summed E-state index contributed by atoms with van der Waals surface area (Å²) in [6, 6.07) is 6.28. The highest BCUT2D eigenvalue weighted by molar-refractivity contribution is 5.76. The Kier molecular flexibility index (Phi) is 2.87. The number of nitrogens with two attached hydrogens (primary N) is 1. The van der Waals surface area contributed by atoms with Crippen LogP contribution in [0.1, 0.15) is 42.5 Å². The third-order valence-corrected chi connectivity index (χ3v) is 3.06.